The molecule has 0 aliphatic rings. The summed E-state index contributed by atoms with van der Waals surface area (Å²) in [6, 6.07) is 13.2. The molecule has 26 heavy (non-hydrogen) atoms. The average molecular weight is 369 g/mol. The SMILES string of the molecule is COC(=O)Cc1[nH]n(-c2ccccc2)c(=O)c1C(C)=NCc1cccs1. The number of nitrogens with zero attached hydrogens (tertiary/aromatic N) is 2. The minimum atomic E-state index is -0.418. The molecule has 2 heterocycles. The van der Waals surface area contributed by atoms with Crippen LogP contribution in [0.15, 0.2) is 57.6 Å². The van der Waals surface area contributed by atoms with E-state index in [-0.39, 0.29) is 12.0 Å². The fraction of sp³-hybridized carbons (Fsp3) is 0.211. The minimum Gasteiger partial charge on any atom is -0.469 e. The summed E-state index contributed by atoms with van der Waals surface area (Å²) in [6.45, 7) is 2.28. The van der Waals surface area contributed by atoms with Gasteiger partial charge in [-0.05, 0) is 30.5 Å². The largest absolute Gasteiger partial charge is 0.469 e. The topological polar surface area (TPSA) is 76.5 Å². The third kappa shape index (κ3) is 3.83. The molecule has 0 fully saturated rings. The van der Waals surface area contributed by atoms with Crippen molar-refractivity contribution >= 4 is 23.0 Å². The monoisotopic (exact) mass is 369 g/mol. The highest BCUT2D eigenvalue weighted by atomic mass is 32.1. The second-order valence-corrected chi connectivity index (χ2v) is 6.71. The van der Waals surface area contributed by atoms with Crippen molar-refractivity contribution in [2.45, 2.75) is 19.9 Å². The highest BCUT2D eigenvalue weighted by molar-refractivity contribution is 7.09. The summed E-state index contributed by atoms with van der Waals surface area (Å²) in [6.07, 6.45) is -0.0211. The van der Waals surface area contributed by atoms with E-state index in [4.69, 9.17) is 4.74 Å². The second-order valence-electron chi connectivity index (χ2n) is 5.68. The van der Waals surface area contributed by atoms with Crippen LogP contribution < -0.4 is 5.56 Å². The van der Waals surface area contributed by atoms with Crippen LogP contribution in [0.3, 0.4) is 0 Å². The summed E-state index contributed by atoms with van der Waals surface area (Å²) in [5, 5.41) is 5.02. The number of aromatic amines is 1. The van der Waals surface area contributed by atoms with Crippen LogP contribution in [-0.2, 0) is 22.5 Å². The number of para-hydroxylation sites is 1. The number of ether oxygens (including phenoxy) is 1. The molecule has 0 aliphatic carbocycles. The van der Waals surface area contributed by atoms with Gasteiger partial charge in [-0.1, -0.05) is 24.3 Å². The Balaban J connectivity index is 2.03. The van der Waals surface area contributed by atoms with Crippen molar-refractivity contribution in [2.75, 3.05) is 7.11 Å². The van der Waals surface area contributed by atoms with E-state index in [1.165, 1.54) is 11.8 Å². The molecular formula is C19H19N3O3S. The molecule has 0 radical (unpaired) electrons. The van der Waals surface area contributed by atoms with Gasteiger partial charge in [0.05, 0.1) is 37.0 Å². The maximum Gasteiger partial charge on any atom is 0.311 e. The molecule has 0 spiro atoms. The fourth-order valence-corrected chi connectivity index (χ4v) is 3.27. The van der Waals surface area contributed by atoms with Gasteiger partial charge >= 0.3 is 5.97 Å². The minimum absolute atomic E-state index is 0.0211. The summed E-state index contributed by atoms with van der Waals surface area (Å²) in [4.78, 5) is 30.4. The number of esters is 1. The first-order chi connectivity index (χ1) is 12.6. The Morgan fingerprint density at radius 1 is 1.23 bits per heavy atom. The van der Waals surface area contributed by atoms with Crippen molar-refractivity contribution in [3.05, 3.63) is 74.3 Å². The van der Waals surface area contributed by atoms with Gasteiger partial charge in [-0.3, -0.25) is 19.7 Å². The number of carbonyl (C=O) groups excluding carboxylic acids is 1. The van der Waals surface area contributed by atoms with Crippen LogP contribution in [0.1, 0.15) is 23.1 Å². The summed E-state index contributed by atoms with van der Waals surface area (Å²) in [7, 11) is 1.33. The number of carbonyl (C=O) groups is 1. The number of rotatable bonds is 6. The number of H-pyrrole nitrogens is 1. The molecule has 1 N–H and O–H groups in total. The van der Waals surface area contributed by atoms with Gasteiger partial charge in [-0.25, -0.2) is 4.68 Å². The zero-order chi connectivity index (χ0) is 18.5. The van der Waals surface area contributed by atoms with E-state index >= 15 is 0 Å². The standard InChI is InChI=1S/C19H19N3O3S/c1-13(20-12-15-9-6-10-26-15)18-16(11-17(23)25-2)21-22(19(18)24)14-7-4-3-5-8-14/h3-10,21H,11-12H2,1-2H3. The second kappa shape index (κ2) is 7.97. The number of aromatic nitrogens is 2. The van der Waals surface area contributed by atoms with E-state index < -0.39 is 5.97 Å². The molecule has 0 amide bonds. The summed E-state index contributed by atoms with van der Waals surface area (Å²) in [5.41, 5.74) is 1.96. The first-order valence-corrected chi connectivity index (χ1v) is 8.98. The molecule has 3 aromatic rings. The van der Waals surface area contributed by atoms with Crippen molar-refractivity contribution in [3.63, 3.8) is 0 Å². The lowest BCUT2D eigenvalue weighted by atomic mass is 10.1. The van der Waals surface area contributed by atoms with E-state index in [1.807, 2.05) is 47.8 Å². The number of thiophene rings is 1. The van der Waals surface area contributed by atoms with E-state index in [0.29, 0.717) is 29.2 Å². The average Bonchev–Trinajstić information content (AvgIpc) is 3.28. The van der Waals surface area contributed by atoms with Crippen molar-refractivity contribution in [3.8, 4) is 5.69 Å². The summed E-state index contributed by atoms with van der Waals surface area (Å²) < 4.78 is 6.18. The molecule has 134 valence electrons. The Hall–Kier alpha value is -2.93. The molecular weight excluding hydrogens is 350 g/mol. The molecule has 2 aromatic heterocycles. The predicted molar refractivity (Wildman–Crippen MR) is 102 cm³/mol. The molecule has 0 aliphatic heterocycles. The lowest BCUT2D eigenvalue weighted by Crippen LogP contribution is -2.20. The van der Waals surface area contributed by atoms with Crippen LogP contribution in [0.2, 0.25) is 0 Å². The highest BCUT2D eigenvalue weighted by Gasteiger charge is 2.20. The van der Waals surface area contributed by atoms with Gasteiger partial charge in [0, 0.05) is 10.6 Å². The number of aliphatic imine (C=N–C) groups is 1. The molecule has 0 saturated carbocycles. The quantitative estimate of drug-likeness (QED) is 0.536. The van der Waals surface area contributed by atoms with Gasteiger partial charge in [0.15, 0.2) is 0 Å². The molecule has 0 saturated heterocycles. The fourth-order valence-electron chi connectivity index (χ4n) is 2.64. The van der Waals surface area contributed by atoms with Crippen LogP contribution in [-0.4, -0.2) is 28.6 Å². The maximum absolute atomic E-state index is 13.0. The molecule has 3 rings (SSSR count). The zero-order valence-corrected chi connectivity index (χ0v) is 15.4. The smallest absolute Gasteiger partial charge is 0.311 e. The lowest BCUT2D eigenvalue weighted by Gasteiger charge is -2.02. The van der Waals surface area contributed by atoms with Gasteiger partial charge in [-0.15, -0.1) is 11.3 Å². The van der Waals surface area contributed by atoms with Crippen LogP contribution in [0.25, 0.3) is 5.69 Å². The zero-order valence-electron chi connectivity index (χ0n) is 14.6. The Morgan fingerprint density at radius 2 is 2.00 bits per heavy atom. The van der Waals surface area contributed by atoms with Gasteiger partial charge in [0.2, 0.25) is 0 Å². The van der Waals surface area contributed by atoms with Crippen LogP contribution in [0.4, 0.5) is 0 Å². The number of methoxy groups -OCH3 is 1. The van der Waals surface area contributed by atoms with Gasteiger partial charge in [0.25, 0.3) is 5.56 Å². The van der Waals surface area contributed by atoms with Crippen LogP contribution >= 0.6 is 11.3 Å². The van der Waals surface area contributed by atoms with Gasteiger partial charge in [0.1, 0.15) is 0 Å². The molecule has 6 nitrogen and oxygen atoms in total. The Kier molecular flexibility index (Phi) is 5.48. The van der Waals surface area contributed by atoms with Gasteiger partial charge in [-0.2, -0.15) is 0 Å². The molecule has 0 atom stereocenters. The lowest BCUT2D eigenvalue weighted by molar-refractivity contribution is -0.139. The Labute approximate surface area is 154 Å². The molecule has 1 aromatic carbocycles. The third-order valence-electron chi connectivity index (χ3n) is 3.94. The van der Waals surface area contributed by atoms with Crippen molar-refractivity contribution < 1.29 is 9.53 Å². The number of hydrogen-bond acceptors (Lipinski definition) is 5. The Morgan fingerprint density at radius 3 is 2.65 bits per heavy atom. The maximum atomic E-state index is 13.0. The Bertz CT molecular complexity index is 969. The first-order valence-electron chi connectivity index (χ1n) is 8.10. The van der Waals surface area contributed by atoms with E-state index in [1.54, 1.807) is 18.3 Å². The van der Waals surface area contributed by atoms with Crippen LogP contribution in [0.5, 0.6) is 0 Å². The molecule has 0 bridgehead atoms. The molecule has 0 unspecified atom stereocenters. The van der Waals surface area contributed by atoms with Crippen LogP contribution in [0, 0.1) is 0 Å². The highest BCUT2D eigenvalue weighted by Crippen LogP contribution is 2.13. The van der Waals surface area contributed by atoms with Gasteiger partial charge < -0.3 is 4.74 Å². The van der Waals surface area contributed by atoms with E-state index in [9.17, 15) is 9.59 Å². The number of hydrogen-bond donors (Lipinski definition) is 1. The van der Waals surface area contributed by atoms with E-state index in [0.717, 1.165) is 4.88 Å². The number of benzene rings is 1. The summed E-state index contributed by atoms with van der Waals surface area (Å²) in [5.74, 6) is -0.418. The number of nitrogens with one attached hydrogen (secondary N) is 1. The normalized spacial score (nSPS) is 11.5. The van der Waals surface area contributed by atoms with Crippen molar-refractivity contribution in [2.24, 2.45) is 4.99 Å². The molecule has 7 heteroatoms. The third-order valence-corrected chi connectivity index (χ3v) is 4.80. The van der Waals surface area contributed by atoms with Crippen molar-refractivity contribution in [1.82, 2.24) is 9.78 Å². The predicted octanol–water partition coefficient (Wildman–Crippen LogP) is 2.95. The van der Waals surface area contributed by atoms with E-state index in [2.05, 4.69) is 10.1 Å². The van der Waals surface area contributed by atoms with Crippen molar-refractivity contribution in [1.29, 1.82) is 0 Å². The summed E-state index contributed by atoms with van der Waals surface area (Å²) >= 11 is 1.61. The first kappa shape index (κ1) is 17.9.